The van der Waals surface area contributed by atoms with Gasteiger partial charge in [-0.25, -0.2) is 13.4 Å². The molecule has 0 unspecified atom stereocenters. The summed E-state index contributed by atoms with van der Waals surface area (Å²) < 4.78 is 28.3. The Kier molecular flexibility index (Phi) is 3.73. The van der Waals surface area contributed by atoms with Gasteiger partial charge in [-0.15, -0.1) is 0 Å². The summed E-state index contributed by atoms with van der Waals surface area (Å²) >= 11 is 0. The van der Waals surface area contributed by atoms with Gasteiger partial charge >= 0.3 is 0 Å². The zero-order chi connectivity index (χ0) is 14.2. The number of hydrogen-bond donors (Lipinski definition) is 0. The van der Waals surface area contributed by atoms with Gasteiger partial charge in [0.05, 0.1) is 4.90 Å². The molecule has 1 saturated carbocycles. The molecular formula is C14H16ClNO3S. The third-order valence-corrected chi connectivity index (χ3v) is 5.23. The van der Waals surface area contributed by atoms with E-state index in [0.717, 1.165) is 6.42 Å². The van der Waals surface area contributed by atoms with Gasteiger partial charge in [-0.05, 0) is 30.9 Å². The minimum atomic E-state index is -3.73. The quantitative estimate of drug-likeness (QED) is 0.807. The van der Waals surface area contributed by atoms with Gasteiger partial charge in [0.25, 0.3) is 9.05 Å². The molecule has 0 spiro atoms. The summed E-state index contributed by atoms with van der Waals surface area (Å²) in [4.78, 5) is 4.47. The molecule has 1 aromatic heterocycles. The van der Waals surface area contributed by atoms with Crippen LogP contribution in [-0.4, -0.2) is 13.4 Å². The van der Waals surface area contributed by atoms with E-state index < -0.39 is 9.05 Å². The van der Waals surface area contributed by atoms with E-state index >= 15 is 0 Å². The number of rotatable bonds is 3. The van der Waals surface area contributed by atoms with Crippen molar-refractivity contribution in [2.75, 3.05) is 0 Å². The van der Waals surface area contributed by atoms with E-state index in [-0.39, 0.29) is 4.90 Å². The topological polar surface area (TPSA) is 60.2 Å². The fourth-order valence-electron chi connectivity index (χ4n) is 2.83. The summed E-state index contributed by atoms with van der Waals surface area (Å²) in [5, 5.41) is 0. The summed E-state index contributed by atoms with van der Waals surface area (Å²) in [6.07, 6.45) is 7.15. The largest absolute Gasteiger partial charge is 0.441 e. The van der Waals surface area contributed by atoms with Gasteiger partial charge in [0.2, 0.25) is 0 Å². The van der Waals surface area contributed by atoms with Crippen molar-refractivity contribution >= 4 is 30.8 Å². The summed E-state index contributed by atoms with van der Waals surface area (Å²) in [6, 6.07) is 4.53. The van der Waals surface area contributed by atoms with Crippen molar-refractivity contribution in [3.8, 4) is 0 Å². The molecule has 0 saturated heterocycles. The summed E-state index contributed by atoms with van der Waals surface area (Å²) in [6.45, 7) is 0. The van der Waals surface area contributed by atoms with Gasteiger partial charge in [-0.1, -0.05) is 19.3 Å². The Morgan fingerprint density at radius 3 is 2.70 bits per heavy atom. The van der Waals surface area contributed by atoms with Crippen molar-refractivity contribution in [1.82, 2.24) is 4.98 Å². The van der Waals surface area contributed by atoms with Crippen LogP contribution in [0, 0.1) is 5.92 Å². The highest BCUT2D eigenvalue weighted by Crippen LogP contribution is 2.28. The van der Waals surface area contributed by atoms with Gasteiger partial charge in [0.1, 0.15) is 5.52 Å². The first-order valence-corrected chi connectivity index (χ1v) is 9.17. The minimum Gasteiger partial charge on any atom is -0.441 e. The molecule has 0 bridgehead atoms. The second-order valence-corrected chi connectivity index (χ2v) is 7.95. The van der Waals surface area contributed by atoms with Crippen LogP contribution < -0.4 is 0 Å². The minimum absolute atomic E-state index is 0.0482. The van der Waals surface area contributed by atoms with E-state index in [0.29, 0.717) is 22.9 Å². The standard InChI is InChI=1S/C14H16ClNO3S/c15-20(17,18)11-6-7-12-13(9-11)19-14(16-12)8-10-4-2-1-3-5-10/h6-7,9-10H,1-5,8H2. The lowest BCUT2D eigenvalue weighted by Gasteiger charge is -2.19. The predicted molar refractivity (Wildman–Crippen MR) is 77.3 cm³/mol. The lowest BCUT2D eigenvalue weighted by molar-refractivity contribution is 0.332. The van der Waals surface area contributed by atoms with Gasteiger partial charge in [0.15, 0.2) is 11.5 Å². The van der Waals surface area contributed by atoms with E-state index in [4.69, 9.17) is 15.1 Å². The molecule has 0 aliphatic heterocycles. The molecule has 1 fully saturated rings. The molecule has 0 atom stereocenters. The van der Waals surface area contributed by atoms with Crippen LogP contribution >= 0.6 is 10.7 Å². The van der Waals surface area contributed by atoms with Crippen molar-refractivity contribution < 1.29 is 12.8 Å². The van der Waals surface area contributed by atoms with E-state index in [1.54, 1.807) is 6.07 Å². The molecule has 4 nitrogen and oxygen atoms in total. The average Bonchev–Trinajstić information content (AvgIpc) is 2.80. The van der Waals surface area contributed by atoms with E-state index in [2.05, 4.69) is 4.98 Å². The number of aromatic nitrogens is 1. The smallest absolute Gasteiger partial charge is 0.261 e. The van der Waals surface area contributed by atoms with Crippen molar-refractivity contribution in [2.24, 2.45) is 5.92 Å². The Bertz CT molecular complexity index is 717. The van der Waals surface area contributed by atoms with Crippen LogP contribution in [0.3, 0.4) is 0 Å². The number of hydrogen-bond acceptors (Lipinski definition) is 4. The zero-order valence-electron chi connectivity index (χ0n) is 11.0. The fourth-order valence-corrected chi connectivity index (χ4v) is 3.60. The summed E-state index contributed by atoms with van der Waals surface area (Å²) in [5.41, 5.74) is 1.16. The SMILES string of the molecule is O=S(=O)(Cl)c1ccc2nc(CC3CCCCC3)oc2c1. The molecule has 1 aromatic carbocycles. The Balaban J connectivity index is 1.86. The van der Waals surface area contributed by atoms with Crippen LogP contribution in [0.1, 0.15) is 38.0 Å². The molecule has 6 heteroatoms. The fraction of sp³-hybridized carbons (Fsp3) is 0.500. The Morgan fingerprint density at radius 2 is 2.00 bits per heavy atom. The zero-order valence-corrected chi connectivity index (χ0v) is 12.6. The molecule has 0 radical (unpaired) electrons. The van der Waals surface area contributed by atoms with Crippen LogP contribution in [0.4, 0.5) is 0 Å². The normalized spacial score (nSPS) is 17.6. The maximum absolute atomic E-state index is 11.3. The molecule has 1 aliphatic carbocycles. The van der Waals surface area contributed by atoms with Gasteiger partial charge in [-0.3, -0.25) is 0 Å². The highest BCUT2D eigenvalue weighted by molar-refractivity contribution is 8.13. The predicted octanol–water partition coefficient (Wildman–Crippen LogP) is 3.88. The molecule has 108 valence electrons. The Hall–Kier alpha value is -1.07. The first-order chi connectivity index (χ1) is 9.52. The van der Waals surface area contributed by atoms with Crippen LogP contribution in [0.25, 0.3) is 11.1 Å². The molecule has 20 heavy (non-hydrogen) atoms. The maximum atomic E-state index is 11.3. The lowest BCUT2D eigenvalue weighted by Crippen LogP contribution is -2.09. The van der Waals surface area contributed by atoms with Crippen LogP contribution in [0.15, 0.2) is 27.5 Å². The third-order valence-electron chi connectivity index (χ3n) is 3.87. The number of fused-ring (bicyclic) bond motifs is 1. The van der Waals surface area contributed by atoms with Crippen molar-refractivity contribution in [2.45, 2.75) is 43.4 Å². The number of nitrogens with zero attached hydrogens (tertiary/aromatic N) is 1. The maximum Gasteiger partial charge on any atom is 0.261 e. The highest BCUT2D eigenvalue weighted by atomic mass is 35.7. The first kappa shape index (κ1) is 13.9. The van der Waals surface area contributed by atoms with E-state index in [1.807, 2.05) is 0 Å². The summed E-state index contributed by atoms with van der Waals surface area (Å²) in [5.74, 6) is 1.32. The highest BCUT2D eigenvalue weighted by Gasteiger charge is 2.18. The van der Waals surface area contributed by atoms with Gasteiger partial charge < -0.3 is 4.42 Å². The molecule has 2 aromatic rings. The number of benzene rings is 1. The monoisotopic (exact) mass is 313 g/mol. The van der Waals surface area contributed by atoms with Crippen LogP contribution in [0.5, 0.6) is 0 Å². The van der Waals surface area contributed by atoms with Gasteiger partial charge in [-0.2, -0.15) is 0 Å². The van der Waals surface area contributed by atoms with Gasteiger partial charge in [0, 0.05) is 23.2 Å². The number of oxazole rings is 1. The Morgan fingerprint density at radius 1 is 1.25 bits per heavy atom. The van der Waals surface area contributed by atoms with Crippen molar-refractivity contribution in [3.63, 3.8) is 0 Å². The van der Waals surface area contributed by atoms with Crippen molar-refractivity contribution in [1.29, 1.82) is 0 Å². The second kappa shape index (κ2) is 5.37. The molecule has 1 aliphatic rings. The summed E-state index contributed by atoms with van der Waals surface area (Å²) in [7, 11) is 1.60. The van der Waals surface area contributed by atoms with E-state index in [1.165, 1.54) is 44.2 Å². The number of halogens is 1. The molecule has 1 heterocycles. The average molecular weight is 314 g/mol. The van der Waals surface area contributed by atoms with Crippen LogP contribution in [-0.2, 0) is 15.5 Å². The van der Waals surface area contributed by atoms with Crippen molar-refractivity contribution in [3.05, 3.63) is 24.1 Å². The van der Waals surface area contributed by atoms with Crippen LogP contribution in [0.2, 0.25) is 0 Å². The molecule has 0 N–H and O–H groups in total. The molecule has 0 amide bonds. The second-order valence-electron chi connectivity index (χ2n) is 5.38. The molecular weight excluding hydrogens is 298 g/mol. The van der Waals surface area contributed by atoms with E-state index in [9.17, 15) is 8.42 Å². The molecule has 3 rings (SSSR count). The first-order valence-electron chi connectivity index (χ1n) is 6.86. The Labute approximate surface area is 122 Å². The third kappa shape index (κ3) is 2.99. The lowest BCUT2D eigenvalue weighted by atomic mass is 9.87.